The number of halogens is 1. The molecule has 0 amide bonds. The topological polar surface area (TPSA) is 72.2 Å². The van der Waals surface area contributed by atoms with Gasteiger partial charge in [0, 0.05) is 17.0 Å². The first-order valence-electron chi connectivity index (χ1n) is 6.01. The number of nitrogens with two attached hydrogens (primary N) is 1. The molecule has 1 heterocycles. The van der Waals surface area contributed by atoms with Crippen LogP contribution in [0.4, 0.5) is 10.1 Å². The second-order valence-corrected chi connectivity index (χ2v) is 8.33. The molecule has 1 unspecified atom stereocenters. The van der Waals surface area contributed by atoms with E-state index >= 15 is 0 Å². The molecule has 3 N–H and O–H groups in total. The minimum atomic E-state index is -3.86. The van der Waals surface area contributed by atoms with Crippen LogP contribution in [0, 0.1) is 5.82 Å². The average Bonchev–Trinajstić information content (AvgIpc) is 2.78. The third kappa shape index (κ3) is 3.40. The smallest absolute Gasteiger partial charge is 0.243 e. The van der Waals surface area contributed by atoms with E-state index in [-0.39, 0.29) is 15.3 Å². The van der Waals surface area contributed by atoms with Crippen LogP contribution < -0.4 is 10.5 Å². The molecule has 7 heteroatoms. The maximum absolute atomic E-state index is 13.6. The minimum Gasteiger partial charge on any atom is -0.399 e. The number of thioether (sulfide) groups is 1. The molecule has 0 aliphatic carbocycles. The molecule has 19 heavy (non-hydrogen) atoms. The van der Waals surface area contributed by atoms with Crippen LogP contribution in [0.3, 0.4) is 0 Å². The van der Waals surface area contributed by atoms with Crippen molar-refractivity contribution in [3.63, 3.8) is 0 Å². The minimum absolute atomic E-state index is 0.107. The van der Waals surface area contributed by atoms with Crippen LogP contribution in [0.5, 0.6) is 0 Å². The molecule has 1 aliphatic heterocycles. The Morgan fingerprint density at radius 2 is 2.26 bits per heavy atom. The lowest BCUT2D eigenvalue weighted by Gasteiger charge is -2.22. The summed E-state index contributed by atoms with van der Waals surface area (Å²) in [6, 6.07) is 3.54. The van der Waals surface area contributed by atoms with E-state index in [1.807, 2.05) is 6.92 Å². The molecule has 1 aromatic carbocycles. The maximum Gasteiger partial charge on any atom is 0.243 e. The molecular formula is C12H17FN2O2S2. The Balaban J connectivity index is 2.16. The van der Waals surface area contributed by atoms with Crippen molar-refractivity contribution in [2.75, 3.05) is 18.0 Å². The van der Waals surface area contributed by atoms with Gasteiger partial charge in [-0.3, -0.25) is 0 Å². The first-order valence-corrected chi connectivity index (χ1v) is 8.48. The fourth-order valence-corrected chi connectivity index (χ4v) is 4.64. The Hall–Kier alpha value is -0.790. The van der Waals surface area contributed by atoms with Crippen molar-refractivity contribution in [3.05, 3.63) is 24.0 Å². The van der Waals surface area contributed by atoms with Crippen molar-refractivity contribution in [1.82, 2.24) is 4.72 Å². The van der Waals surface area contributed by atoms with E-state index in [1.54, 1.807) is 11.8 Å². The third-order valence-corrected chi connectivity index (χ3v) is 6.14. The highest BCUT2D eigenvalue weighted by atomic mass is 32.2. The fourth-order valence-electron chi connectivity index (χ4n) is 2.03. The molecule has 0 radical (unpaired) electrons. The molecule has 1 aromatic rings. The molecular weight excluding hydrogens is 287 g/mol. The Bertz CT molecular complexity index is 569. The van der Waals surface area contributed by atoms with Gasteiger partial charge in [0.05, 0.1) is 0 Å². The molecule has 2 rings (SSSR count). The van der Waals surface area contributed by atoms with Crippen LogP contribution in [0.25, 0.3) is 0 Å². The zero-order valence-electron chi connectivity index (χ0n) is 10.6. The predicted octanol–water partition coefficient (Wildman–Crippen LogP) is 1.97. The van der Waals surface area contributed by atoms with Crippen LogP contribution in [0.2, 0.25) is 0 Å². The lowest BCUT2D eigenvalue weighted by Crippen LogP contribution is -2.37. The van der Waals surface area contributed by atoms with Crippen molar-refractivity contribution in [3.8, 4) is 0 Å². The number of rotatable bonds is 4. The lowest BCUT2D eigenvalue weighted by molar-refractivity contribution is 0.539. The van der Waals surface area contributed by atoms with Gasteiger partial charge in [0.1, 0.15) is 10.7 Å². The van der Waals surface area contributed by atoms with Crippen molar-refractivity contribution in [1.29, 1.82) is 0 Å². The van der Waals surface area contributed by atoms with E-state index in [0.29, 0.717) is 6.54 Å². The summed E-state index contributed by atoms with van der Waals surface area (Å²) in [6.45, 7) is 2.32. The zero-order valence-corrected chi connectivity index (χ0v) is 12.3. The van der Waals surface area contributed by atoms with Crippen molar-refractivity contribution >= 4 is 27.5 Å². The molecule has 1 fully saturated rings. The van der Waals surface area contributed by atoms with Crippen molar-refractivity contribution in [2.45, 2.75) is 29.4 Å². The molecule has 106 valence electrons. The molecule has 0 spiro atoms. The number of anilines is 1. The summed E-state index contributed by atoms with van der Waals surface area (Å²) in [5, 5.41) is 0. The number of hydrogen-bond acceptors (Lipinski definition) is 4. The van der Waals surface area contributed by atoms with Gasteiger partial charge < -0.3 is 5.73 Å². The van der Waals surface area contributed by atoms with E-state index in [4.69, 9.17) is 5.73 Å². The molecule has 0 saturated carbocycles. The summed E-state index contributed by atoms with van der Waals surface area (Å²) in [5.74, 6) is 0.246. The highest BCUT2D eigenvalue weighted by Crippen LogP contribution is 2.37. The molecule has 0 bridgehead atoms. The first-order chi connectivity index (χ1) is 8.82. The second-order valence-electron chi connectivity index (χ2n) is 4.92. The Morgan fingerprint density at radius 1 is 1.53 bits per heavy atom. The monoisotopic (exact) mass is 304 g/mol. The van der Waals surface area contributed by atoms with Crippen LogP contribution in [-0.4, -0.2) is 25.5 Å². The van der Waals surface area contributed by atoms with Gasteiger partial charge in [0.15, 0.2) is 0 Å². The van der Waals surface area contributed by atoms with Crippen LogP contribution >= 0.6 is 11.8 Å². The lowest BCUT2D eigenvalue weighted by atomic mass is 10.1. The second kappa shape index (κ2) is 5.30. The standard InChI is InChI=1S/C12H17FN2O2S2/c1-12(5-2-6-18-12)8-15-19(16,17)11-7-9(14)3-4-10(11)13/h3-4,7,15H,2,5-6,8,14H2,1H3. The Morgan fingerprint density at radius 3 is 2.89 bits per heavy atom. The van der Waals surface area contributed by atoms with E-state index in [9.17, 15) is 12.8 Å². The Labute approximate surface area is 117 Å². The van der Waals surface area contributed by atoms with Gasteiger partial charge >= 0.3 is 0 Å². The summed E-state index contributed by atoms with van der Waals surface area (Å²) >= 11 is 1.74. The molecule has 0 aromatic heterocycles. The quantitative estimate of drug-likeness (QED) is 0.834. The van der Waals surface area contributed by atoms with Gasteiger partial charge in [0.25, 0.3) is 0 Å². The summed E-state index contributed by atoms with van der Waals surface area (Å²) in [6.07, 6.45) is 2.04. The van der Waals surface area contributed by atoms with E-state index < -0.39 is 15.8 Å². The van der Waals surface area contributed by atoms with E-state index in [0.717, 1.165) is 30.7 Å². The molecule has 1 saturated heterocycles. The number of sulfonamides is 1. The molecule has 4 nitrogen and oxygen atoms in total. The van der Waals surface area contributed by atoms with Gasteiger partial charge in [-0.2, -0.15) is 11.8 Å². The maximum atomic E-state index is 13.6. The van der Waals surface area contributed by atoms with Crippen molar-refractivity contribution in [2.24, 2.45) is 0 Å². The SMILES string of the molecule is CC1(CNS(=O)(=O)c2cc(N)ccc2F)CCCS1. The Kier molecular flexibility index (Phi) is 4.08. The normalized spacial score (nSPS) is 23.7. The van der Waals surface area contributed by atoms with E-state index in [1.165, 1.54) is 6.07 Å². The first kappa shape index (κ1) is 14.6. The summed E-state index contributed by atoms with van der Waals surface area (Å²) in [7, 11) is -3.86. The number of nitrogens with one attached hydrogen (secondary N) is 1. The largest absolute Gasteiger partial charge is 0.399 e. The number of benzene rings is 1. The average molecular weight is 304 g/mol. The van der Waals surface area contributed by atoms with Crippen LogP contribution in [0.15, 0.2) is 23.1 Å². The van der Waals surface area contributed by atoms with Gasteiger partial charge in [-0.25, -0.2) is 17.5 Å². The predicted molar refractivity (Wildman–Crippen MR) is 76.1 cm³/mol. The van der Waals surface area contributed by atoms with Gasteiger partial charge in [0.2, 0.25) is 10.0 Å². The van der Waals surface area contributed by atoms with Crippen molar-refractivity contribution < 1.29 is 12.8 Å². The van der Waals surface area contributed by atoms with Crippen LogP contribution in [-0.2, 0) is 10.0 Å². The summed E-state index contributed by atoms with van der Waals surface area (Å²) in [4.78, 5) is -0.390. The third-order valence-electron chi connectivity index (χ3n) is 3.18. The van der Waals surface area contributed by atoms with Crippen LogP contribution in [0.1, 0.15) is 19.8 Å². The number of nitrogen functional groups attached to an aromatic ring is 1. The van der Waals surface area contributed by atoms with Gasteiger partial charge in [-0.05, 0) is 43.7 Å². The van der Waals surface area contributed by atoms with E-state index in [2.05, 4.69) is 4.72 Å². The zero-order chi connectivity index (χ0) is 14.1. The molecule has 1 aliphatic rings. The number of hydrogen-bond donors (Lipinski definition) is 2. The van der Waals surface area contributed by atoms with Gasteiger partial charge in [-0.15, -0.1) is 0 Å². The summed E-state index contributed by atoms with van der Waals surface area (Å²) in [5.41, 5.74) is 5.73. The highest BCUT2D eigenvalue weighted by molar-refractivity contribution is 8.01. The summed E-state index contributed by atoms with van der Waals surface area (Å²) < 4.78 is 40.1. The van der Waals surface area contributed by atoms with Gasteiger partial charge in [-0.1, -0.05) is 0 Å². The molecule has 1 atom stereocenters. The highest BCUT2D eigenvalue weighted by Gasteiger charge is 2.31. The fraction of sp³-hybridized carbons (Fsp3) is 0.500.